The molecule has 6 heteroatoms. The fourth-order valence-corrected chi connectivity index (χ4v) is 9.70. The van der Waals surface area contributed by atoms with E-state index in [1.54, 1.807) is 0 Å². The molecule has 0 bridgehead atoms. The van der Waals surface area contributed by atoms with E-state index in [2.05, 4.69) is 130 Å². The number of carbonyl (C=O) groups excluding carboxylic acids is 3. The lowest BCUT2D eigenvalue weighted by Crippen LogP contribution is -2.30. The van der Waals surface area contributed by atoms with Crippen molar-refractivity contribution in [1.82, 2.24) is 0 Å². The van der Waals surface area contributed by atoms with Crippen LogP contribution >= 0.6 is 0 Å². The standard InChI is InChI=1S/C75H128O6/c1-4-7-10-13-16-19-22-24-26-28-30-32-33-34-35-36-37-38-39-40-41-43-44-46-48-50-53-56-59-62-65-68-74(77)80-71-72(70-79-73(76)67-64-61-58-55-52-21-18-15-12-9-6-3)81-75(78)69-66-63-60-57-54-51-49-47-45-42-31-29-27-25-23-20-17-14-11-8-5-2/h7-8,10-11,16-17,19-20,24-27,30-32,34-35,42,72H,4-6,9,12-15,18,21-23,28-29,33,36-41,43-71H2,1-3H3/b10-7-,11-8-,19-16-,20-17-,26-24-,27-25-,32-30-,35-34-,42-31-. The summed E-state index contributed by atoms with van der Waals surface area (Å²) < 4.78 is 16.9. The summed E-state index contributed by atoms with van der Waals surface area (Å²) in [5.74, 6) is -0.874. The highest BCUT2D eigenvalue weighted by molar-refractivity contribution is 5.71. The van der Waals surface area contributed by atoms with Crippen molar-refractivity contribution in [3.63, 3.8) is 0 Å². The predicted octanol–water partition coefficient (Wildman–Crippen LogP) is 23.8. The van der Waals surface area contributed by atoms with Crippen LogP contribution in [0.2, 0.25) is 0 Å². The number of ether oxygens (including phenoxy) is 3. The zero-order valence-electron chi connectivity index (χ0n) is 53.3. The Morgan fingerprint density at radius 3 is 0.753 bits per heavy atom. The van der Waals surface area contributed by atoms with Gasteiger partial charge in [0, 0.05) is 19.3 Å². The fraction of sp³-hybridized carbons (Fsp3) is 0.720. The molecule has 81 heavy (non-hydrogen) atoms. The van der Waals surface area contributed by atoms with Gasteiger partial charge in [0.2, 0.25) is 0 Å². The summed E-state index contributed by atoms with van der Waals surface area (Å²) >= 11 is 0. The molecule has 6 nitrogen and oxygen atoms in total. The first-order valence-corrected chi connectivity index (χ1v) is 34.4. The minimum atomic E-state index is -0.782. The number of unbranched alkanes of at least 4 members (excludes halogenated alkanes) is 33. The second-order valence-corrected chi connectivity index (χ2v) is 22.7. The van der Waals surface area contributed by atoms with Gasteiger partial charge in [0.25, 0.3) is 0 Å². The Bertz CT molecular complexity index is 1620. The highest BCUT2D eigenvalue weighted by Crippen LogP contribution is 2.17. The molecule has 464 valence electrons. The van der Waals surface area contributed by atoms with Crippen LogP contribution < -0.4 is 0 Å². The molecule has 0 fully saturated rings. The van der Waals surface area contributed by atoms with Crippen molar-refractivity contribution in [3.8, 4) is 0 Å². The van der Waals surface area contributed by atoms with Gasteiger partial charge in [0.05, 0.1) is 0 Å². The predicted molar refractivity (Wildman–Crippen MR) is 353 cm³/mol. The van der Waals surface area contributed by atoms with Gasteiger partial charge in [-0.15, -0.1) is 0 Å². The molecule has 0 aliphatic rings. The molecule has 0 aliphatic carbocycles. The summed E-state index contributed by atoms with van der Waals surface area (Å²) in [6.07, 6.45) is 94.0. The van der Waals surface area contributed by atoms with E-state index in [0.717, 1.165) is 122 Å². The van der Waals surface area contributed by atoms with Crippen molar-refractivity contribution in [1.29, 1.82) is 0 Å². The molecule has 1 unspecified atom stereocenters. The lowest BCUT2D eigenvalue weighted by Gasteiger charge is -2.18. The summed E-state index contributed by atoms with van der Waals surface area (Å²) in [7, 11) is 0. The van der Waals surface area contributed by atoms with Gasteiger partial charge in [-0.1, -0.05) is 316 Å². The molecule has 0 saturated heterocycles. The van der Waals surface area contributed by atoms with E-state index >= 15 is 0 Å². The summed E-state index contributed by atoms with van der Waals surface area (Å²) in [5, 5.41) is 0. The number of allylic oxidation sites excluding steroid dienone is 18. The Labute approximate surface area is 501 Å². The van der Waals surface area contributed by atoms with Crippen LogP contribution in [0.5, 0.6) is 0 Å². The molecule has 0 spiro atoms. The zero-order chi connectivity index (χ0) is 58.5. The van der Waals surface area contributed by atoms with E-state index in [9.17, 15) is 14.4 Å². The maximum absolute atomic E-state index is 12.9. The Balaban J connectivity index is 4.21. The lowest BCUT2D eigenvalue weighted by atomic mass is 10.0. The van der Waals surface area contributed by atoms with Crippen LogP contribution in [0.15, 0.2) is 109 Å². The normalized spacial score (nSPS) is 12.8. The fourth-order valence-electron chi connectivity index (χ4n) is 9.70. The van der Waals surface area contributed by atoms with Gasteiger partial charge in [-0.05, 0) is 103 Å². The van der Waals surface area contributed by atoms with Crippen LogP contribution in [0, 0.1) is 0 Å². The van der Waals surface area contributed by atoms with E-state index in [0.29, 0.717) is 19.3 Å². The van der Waals surface area contributed by atoms with Crippen LogP contribution in [0.25, 0.3) is 0 Å². The quantitative estimate of drug-likeness (QED) is 0.0261. The first kappa shape index (κ1) is 77.1. The molecular weight excluding hydrogens is 997 g/mol. The Kier molecular flexibility index (Phi) is 65.2. The maximum atomic E-state index is 12.9. The van der Waals surface area contributed by atoms with E-state index in [1.165, 1.54) is 167 Å². The molecule has 0 saturated carbocycles. The number of hydrogen-bond acceptors (Lipinski definition) is 6. The topological polar surface area (TPSA) is 78.9 Å². The maximum Gasteiger partial charge on any atom is 0.306 e. The van der Waals surface area contributed by atoms with Gasteiger partial charge in [-0.3, -0.25) is 14.4 Å². The molecule has 0 N–H and O–H groups in total. The smallest absolute Gasteiger partial charge is 0.306 e. The second-order valence-electron chi connectivity index (χ2n) is 22.7. The molecule has 0 aromatic rings. The first-order valence-electron chi connectivity index (χ1n) is 34.4. The molecule has 1 atom stereocenters. The number of hydrogen-bond donors (Lipinski definition) is 0. The third-order valence-electron chi connectivity index (χ3n) is 14.8. The largest absolute Gasteiger partial charge is 0.462 e. The van der Waals surface area contributed by atoms with Gasteiger partial charge in [-0.25, -0.2) is 0 Å². The highest BCUT2D eigenvalue weighted by atomic mass is 16.6. The minimum absolute atomic E-state index is 0.0777. The third kappa shape index (κ3) is 66.8. The van der Waals surface area contributed by atoms with Gasteiger partial charge < -0.3 is 14.2 Å². The van der Waals surface area contributed by atoms with Gasteiger partial charge in [0.1, 0.15) is 13.2 Å². The molecule has 0 rings (SSSR count). The minimum Gasteiger partial charge on any atom is -0.462 e. The molecule has 0 aromatic heterocycles. The molecule has 0 amide bonds. The molecule has 0 heterocycles. The van der Waals surface area contributed by atoms with Crippen LogP contribution in [0.4, 0.5) is 0 Å². The molecule has 0 aliphatic heterocycles. The molecule has 0 radical (unpaired) electrons. The van der Waals surface area contributed by atoms with Crippen LogP contribution in [-0.4, -0.2) is 37.2 Å². The van der Waals surface area contributed by atoms with E-state index in [4.69, 9.17) is 14.2 Å². The average Bonchev–Trinajstić information content (AvgIpc) is 3.47. The Hall–Kier alpha value is -3.93. The second kappa shape index (κ2) is 68.6. The van der Waals surface area contributed by atoms with Crippen LogP contribution in [0.1, 0.15) is 329 Å². The SMILES string of the molecule is CC/C=C\C/C=C\C/C=C\C/C=C\C/C=C\CCCCCCCCCCCCCCCCCC(=O)OCC(COC(=O)CCCCCCCCCCCCC)OC(=O)CCCCCCCCCC/C=C\C/C=C\C/C=C\C/C=C\CC. The van der Waals surface area contributed by atoms with Gasteiger partial charge in [0.15, 0.2) is 6.10 Å². The summed E-state index contributed by atoms with van der Waals surface area (Å²) in [6.45, 7) is 6.43. The monoisotopic (exact) mass is 1120 g/mol. The Morgan fingerprint density at radius 1 is 0.259 bits per heavy atom. The molecule has 0 aromatic carbocycles. The van der Waals surface area contributed by atoms with Crippen molar-refractivity contribution in [2.24, 2.45) is 0 Å². The Morgan fingerprint density at radius 2 is 0.481 bits per heavy atom. The lowest BCUT2D eigenvalue weighted by molar-refractivity contribution is -0.167. The van der Waals surface area contributed by atoms with E-state index in [-0.39, 0.29) is 31.1 Å². The van der Waals surface area contributed by atoms with Crippen molar-refractivity contribution >= 4 is 17.9 Å². The highest BCUT2D eigenvalue weighted by Gasteiger charge is 2.19. The van der Waals surface area contributed by atoms with Crippen LogP contribution in [0.3, 0.4) is 0 Å². The van der Waals surface area contributed by atoms with Gasteiger partial charge in [-0.2, -0.15) is 0 Å². The van der Waals surface area contributed by atoms with Gasteiger partial charge >= 0.3 is 17.9 Å². The summed E-state index contributed by atoms with van der Waals surface area (Å²) in [6, 6.07) is 0. The number of esters is 3. The third-order valence-corrected chi connectivity index (χ3v) is 14.8. The van der Waals surface area contributed by atoms with Crippen molar-refractivity contribution in [3.05, 3.63) is 109 Å². The average molecular weight is 1130 g/mol. The summed E-state index contributed by atoms with van der Waals surface area (Å²) in [5.41, 5.74) is 0. The van der Waals surface area contributed by atoms with Crippen molar-refractivity contribution in [2.75, 3.05) is 13.2 Å². The van der Waals surface area contributed by atoms with Crippen LogP contribution in [-0.2, 0) is 28.6 Å². The van der Waals surface area contributed by atoms with Crippen molar-refractivity contribution in [2.45, 2.75) is 335 Å². The van der Waals surface area contributed by atoms with E-state index in [1.807, 2.05) is 0 Å². The van der Waals surface area contributed by atoms with Crippen molar-refractivity contribution < 1.29 is 28.6 Å². The first-order chi connectivity index (χ1) is 40.0. The molecular formula is C75H128O6. The summed E-state index contributed by atoms with van der Waals surface area (Å²) in [4.78, 5) is 38.3. The number of rotatable bonds is 62. The van der Waals surface area contributed by atoms with E-state index < -0.39 is 6.10 Å². The zero-order valence-corrected chi connectivity index (χ0v) is 53.3. The number of carbonyl (C=O) groups is 3.